The summed E-state index contributed by atoms with van der Waals surface area (Å²) >= 11 is 0. The lowest BCUT2D eigenvalue weighted by atomic mass is 9.99. The van der Waals surface area contributed by atoms with Gasteiger partial charge in [-0.15, -0.1) is 0 Å². The Bertz CT molecular complexity index is 736. The fourth-order valence-electron chi connectivity index (χ4n) is 2.87. The molecule has 0 unspecified atom stereocenters. The van der Waals surface area contributed by atoms with Gasteiger partial charge in [-0.1, -0.05) is 12.5 Å². The Morgan fingerprint density at radius 2 is 2.14 bits per heavy atom. The average Bonchev–Trinajstić information content (AvgIpc) is 2.88. The lowest BCUT2D eigenvalue weighted by Crippen LogP contribution is -2.38. The first-order valence-electron chi connectivity index (χ1n) is 7.42. The summed E-state index contributed by atoms with van der Waals surface area (Å²) < 4.78 is 29.2. The molecule has 0 spiro atoms. The van der Waals surface area contributed by atoms with Crippen LogP contribution in [0.15, 0.2) is 35.7 Å². The largest absolute Gasteiger partial charge is 0.337 e. The van der Waals surface area contributed by atoms with Crippen molar-refractivity contribution in [3.8, 4) is 0 Å². The highest BCUT2D eigenvalue weighted by molar-refractivity contribution is 7.89. The Balaban J connectivity index is 2.00. The maximum Gasteiger partial charge on any atom is 0.262 e. The molecule has 1 atom stereocenters. The van der Waals surface area contributed by atoms with Gasteiger partial charge in [0.05, 0.1) is 6.04 Å². The molecule has 1 aliphatic rings. The van der Waals surface area contributed by atoms with Gasteiger partial charge >= 0.3 is 0 Å². The van der Waals surface area contributed by atoms with Crippen LogP contribution in [0.2, 0.25) is 0 Å². The fourth-order valence-corrected chi connectivity index (χ4v) is 4.58. The number of piperidine rings is 1. The Kier molecular flexibility index (Phi) is 4.01. The lowest BCUT2D eigenvalue weighted by molar-refractivity contribution is 0.255. The summed E-state index contributed by atoms with van der Waals surface area (Å²) in [5.41, 5.74) is 0.943. The van der Waals surface area contributed by atoms with Crippen molar-refractivity contribution in [2.75, 3.05) is 6.54 Å². The molecule has 0 amide bonds. The van der Waals surface area contributed by atoms with Gasteiger partial charge in [0.25, 0.3) is 10.0 Å². The summed E-state index contributed by atoms with van der Waals surface area (Å²) in [6.45, 7) is 2.32. The SMILES string of the molecule is Cc1nc(S(=O)(=O)N2CCCC[C@@H]2c2cccnc2)cn1C. The third-order valence-electron chi connectivity index (χ3n) is 4.18. The number of aromatic nitrogens is 3. The minimum absolute atomic E-state index is 0.128. The van der Waals surface area contributed by atoms with Crippen LogP contribution in [0.4, 0.5) is 0 Å². The number of aryl methyl sites for hydroxylation is 2. The molecule has 118 valence electrons. The predicted octanol–water partition coefficient (Wildman–Crippen LogP) is 2.04. The van der Waals surface area contributed by atoms with Gasteiger partial charge in [-0.2, -0.15) is 4.31 Å². The molecule has 6 nitrogen and oxygen atoms in total. The number of pyridine rings is 1. The molecule has 7 heteroatoms. The molecule has 0 aromatic carbocycles. The Labute approximate surface area is 130 Å². The molecule has 0 radical (unpaired) electrons. The first kappa shape index (κ1) is 15.2. The van der Waals surface area contributed by atoms with Gasteiger partial charge in [0.1, 0.15) is 5.82 Å². The highest BCUT2D eigenvalue weighted by atomic mass is 32.2. The summed E-state index contributed by atoms with van der Waals surface area (Å²) in [6.07, 6.45) is 7.75. The van der Waals surface area contributed by atoms with E-state index >= 15 is 0 Å². The van der Waals surface area contributed by atoms with E-state index in [2.05, 4.69) is 9.97 Å². The Hall–Kier alpha value is -1.73. The van der Waals surface area contributed by atoms with E-state index in [1.807, 2.05) is 12.1 Å². The van der Waals surface area contributed by atoms with Crippen molar-refractivity contribution in [3.63, 3.8) is 0 Å². The normalized spacial score (nSPS) is 20.2. The number of hydrogen-bond acceptors (Lipinski definition) is 4. The van der Waals surface area contributed by atoms with E-state index in [4.69, 9.17) is 0 Å². The highest BCUT2D eigenvalue weighted by Gasteiger charge is 2.36. The number of nitrogens with zero attached hydrogens (tertiary/aromatic N) is 4. The second-order valence-electron chi connectivity index (χ2n) is 5.65. The van der Waals surface area contributed by atoms with Gasteiger partial charge in [0, 0.05) is 32.2 Å². The minimum Gasteiger partial charge on any atom is -0.337 e. The van der Waals surface area contributed by atoms with E-state index < -0.39 is 10.0 Å². The first-order valence-corrected chi connectivity index (χ1v) is 8.86. The predicted molar refractivity (Wildman–Crippen MR) is 82.7 cm³/mol. The van der Waals surface area contributed by atoms with Gasteiger partial charge in [-0.3, -0.25) is 4.98 Å². The molecule has 0 bridgehead atoms. The van der Waals surface area contributed by atoms with E-state index in [1.165, 1.54) is 0 Å². The van der Waals surface area contributed by atoms with Crippen molar-refractivity contribution < 1.29 is 8.42 Å². The number of sulfonamides is 1. The fraction of sp³-hybridized carbons (Fsp3) is 0.467. The number of imidazole rings is 1. The molecule has 22 heavy (non-hydrogen) atoms. The maximum atomic E-state index is 13.0. The van der Waals surface area contributed by atoms with E-state index in [0.29, 0.717) is 12.4 Å². The lowest BCUT2D eigenvalue weighted by Gasteiger charge is -2.34. The molecular weight excluding hydrogens is 300 g/mol. The summed E-state index contributed by atoms with van der Waals surface area (Å²) in [7, 11) is -1.79. The Morgan fingerprint density at radius 1 is 1.32 bits per heavy atom. The molecule has 1 saturated heterocycles. The molecule has 3 heterocycles. The molecule has 2 aromatic heterocycles. The second kappa shape index (κ2) is 5.81. The zero-order chi connectivity index (χ0) is 15.7. The van der Waals surface area contributed by atoms with Crippen molar-refractivity contribution in [2.24, 2.45) is 7.05 Å². The number of rotatable bonds is 3. The molecule has 0 N–H and O–H groups in total. The first-order chi connectivity index (χ1) is 10.5. The van der Waals surface area contributed by atoms with Crippen LogP contribution in [0.5, 0.6) is 0 Å². The molecule has 2 aromatic rings. The van der Waals surface area contributed by atoms with E-state index in [9.17, 15) is 8.42 Å². The molecule has 0 saturated carbocycles. The quantitative estimate of drug-likeness (QED) is 0.868. The van der Waals surface area contributed by atoms with Crippen molar-refractivity contribution in [3.05, 3.63) is 42.1 Å². The summed E-state index contributed by atoms with van der Waals surface area (Å²) in [6, 6.07) is 3.63. The monoisotopic (exact) mass is 320 g/mol. The Morgan fingerprint density at radius 3 is 2.77 bits per heavy atom. The van der Waals surface area contributed by atoms with Gasteiger partial charge < -0.3 is 4.57 Å². The summed E-state index contributed by atoms with van der Waals surface area (Å²) in [5.74, 6) is 0.688. The van der Waals surface area contributed by atoms with Crippen LogP contribution in [-0.2, 0) is 17.1 Å². The van der Waals surface area contributed by atoms with E-state index in [-0.39, 0.29) is 11.1 Å². The van der Waals surface area contributed by atoms with Crippen molar-refractivity contribution in [2.45, 2.75) is 37.3 Å². The molecule has 3 rings (SSSR count). The highest BCUT2D eigenvalue weighted by Crippen LogP contribution is 2.34. The topological polar surface area (TPSA) is 68.1 Å². The molecule has 1 aliphatic heterocycles. The molecule has 1 fully saturated rings. The molecular formula is C15H20N4O2S. The smallest absolute Gasteiger partial charge is 0.262 e. The maximum absolute atomic E-state index is 13.0. The van der Waals surface area contributed by atoms with Crippen LogP contribution in [0.25, 0.3) is 0 Å². The average molecular weight is 320 g/mol. The zero-order valence-electron chi connectivity index (χ0n) is 12.8. The second-order valence-corrected chi connectivity index (χ2v) is 7.49. The van der Waals surface area contributed by atoms with E-state index in [0.717, 1.165) is 24.8 Å². The third-order valence-corrected chi connectivity index (χ3v) is 5.96. The van der Waals surface area contributed by atoms with Gasteiger partial charge in [-0.25, -0.2) is 13.4 Å². The van der Waals surface area contributed by atoms with E-state index in [1.54, 1.807) is 41.4 Å². The standard InChI is InChI=1S/C15H20N4O2S/c1-12-17-15(11-18(12)2)22(20,21)19-9-4-3-7-14(19)13-6-5-8-16-10-13/h5-6,8,10-11,14H,3-4,7,9H2,1-2H3/t14-/m1/s1. The van der Waals surface area contributed by atoms with Crippen LogP contribution in [0, 0.1) is 6.92 Å². The van der Waals surface area contributed by atoms with Crippen molar-refractivity contribution in [1.29, 1.82) is 0 Å². The van der Waals surface area contributed by atoms with Crippen molar-refractivity contribution in [1.82, 2.24) is 18.8 Å². The van der Waals surface area contributed by atoms with Crippen LogP contribution >= 0.6 is 0 Å². The zero-order valence-corrected chi connectivity index (χ0v) is 13.6. The van der Waals surface area contributed by atoms with Gasteiger partial charge in [0.15, 0.2) is 5.03 Å². The van der Waals surface area contributed by atoms with Crippen molar-refractivity contribution >= 4 is 10.0 Å². The van der Waals surface area contributed by atoms with Crippen LogP contribution in [-0.4, -0.2) is 33.8 Å². The third kappa shape index (κ3) is 2.66. The van der Waals surface area contributed by atoms with Gasteiger partial charge in [-0.05, 0) is 31.4 Å². The van der Waals surface area contributed by atoms with Gasteiger partial charge in [0.2, 0.25) is 0 Å². The number of hydrogen-bond donors (Lipinski definition) is 0. The van der Waals surface area contributed by atoms with Crippen LogP contribution in [0.3, 0.4) is 0 Å². The summed E-state index contributed by atoms with van der Waals surface area (Å²) in [4.78, 5) is 8.33. The van der Waals surface area contributed by atoms with Crippen LogP contribution < -0.4 is 0 Å². The minimum atomic E-state index is -3.59. The van der Waals surface area contributed by atoms with Crippen LogP contribution in [0.1, 0.15) is 36.7 Å². The summed E-state index contributed by atoms with van der Waals surface area (Å²) in [5, 5.41) is 0.128. The molecule has 0 aliphatic carbocycles.